The summed E-state index contributed by atoms with van der Waals surface area (Å²) in [4.78, 5) is 3.88. The average Bonchev–Trinajstić information content (AvgIpc) is 2.76. The van der Waals surface area contributed by atoms with Crippen molar-refractivity contribution < 1.29 is 0 Å². The summed E-state index contributed by atoms with van der Waals surface area (Å²) in [6.45, 7) is 2.78. The zero-order chi connectivity index (χ0) is 13.9. The van der Waals surface area contributed by atoms with E-state index >= 15 is 0 Å². The van der Waals surface area contributed by atoms with Crippen molar-refractivity contribution in [3.05, 3.63) is 56.2 Å². The number of fused-ring (bicyclic) bond motifs is 1. The summed E-state index contributed by atoms with van der Waals surface area (Å²) in [5, 5.41) is 2.13. The number of rotatable bonds is 3. The summed E-state index contributed by atoms with van der Waals surface area (Å²) in [6, 6.07) is 11.2. The van der Waals surface area contributed by atoms with Crippen LogP contribution in [0, 0.1) is 0 Å². The predicted octanol–water partition coefficient (Wildman–Crippen LogP) is 3.96. The normalized spacial score (nSPS) is 17.5. The van der Waals surface area contributed by atoms with Crippen molar-refractivity contribution in [2.24, 2.45) is 5.73 Å². The molecule has 0 saturated heterocycles. The van der Waals surface area contributed by atoms with Gasteiger partial charge in [0.15, 0.2) is 0 Å². The molecule has 3 rings (SSSR count). The van der Waals surface area contributed by atoms with Gasteiger partial charge in [-0.2, -0.15) is 0 Å². The predicted molar refractivity (Wildman–Crippen MR) is 89.0 cm³/mol. The zero-order valence-corrected chi connectivity index (χ0v) is 13.8. The Morgan fingerprint density at radius 1 is 1.25 bits per heavy atom. The molecular formula is C16H19BrN2S. The highest BCUT2D eigenvalue weighted by Gasteiger charge is 2.24. The molecule has 0 fully saturated rings. The fourth-order valence-corrected chi connectivity index (χ4v) is 4.74. The van der Waals surface area contributed by atoms with E-state index in [-0.39, 0.29) is 0 Å². The molecule has 1 aromatic carbocycles. The molecule has 0 aliphatic carbocycles. The van der Waals surface area contributed by atoms with E-state index in [1.54, 1.807) is 11.3 Å². The summed E-state index contributed by atoms with van der Waals surface area (Å²) >= 11 is 5.45. The van der Waals surface area contributed by atoms with E-state index in [9.17, 15) is 0 Å². The second-order valence-corrected chi connectivity index (χ2v) is 7.03. The van der Waals surface area contributed by atoms with E-state index < -0.39 is 0 Å². The van der Waals surface area contributed by atoms with Crippen molar-refractivity contribution in [3.8, 4) is 0 Å². The molecule has 2 N–H and O–H groups in total. The lowest BCUT2D eigenvalue weighted by Crippen LogP contribution is -2.33. The van der Waals surface area contributed by atoms with Crippen LogP contribution >= 0.6 is 27.3 Å². The lowest BCUT2D eigenvalue weighted by Gasteiger charge is -2.29. The van der Waals surface area contributed by atoms with Crippen LogP contribution < -0.4 is 5.73 Å². The van der Waals surface area contributed by atoms with Crippen molar-refractivity contribution >= 4 is 27.3 Å². The molecule has 1 aromatic heterocycles. The molecule has 1 aliphatic heterocycles. The Morgan fingerprint density at radius 2 is 2.05 bits per heavy atom. The van der Waals surface area contributed by atoms with Crippen LogP contribution in [0.1, 0.15) is 28.5 Å². The summed E-state index contributed by atoms with van der Waals surface area (Å²) in [7, 11) is 0. The van der Waals surface area contributed by atoms with Crippen LogP contribution in [0.4, 0.5) is 0 Å². The number of benzene rings is 1. The molecule has 0 bridgehead atoms. The molecule has 0 saturated carbocycles. The van der Waals surface area contributed by atoms with Gasteiger partial charge < -0.3 is 5.73 Å². The second kappa shape index (κ2) is 6.39. The number of nitrogens with two attached hydrogens (primary N) is 1. The Balaban J connectivity index is 1.88. The van der Waals surface area contributed by atoms with E-state index in [2.05, 4.69) is 56.5 Å². The van der Waals surface area contributed by atoms with Gasteiger partial charge in [-0.3, -0.25) is 4.90 Å². The third kappa shape index (κ3) is 2.84. The molecule has 2 nitrogen and oxygen atoms in total. The number of hydrogen-bond acceptors (Lipinski definition) is 3. The van der Waals surface area contributed by atoms with Gasteiger partial charge >= 0.3 is 0 Å². The number of hydrogen-bond donors (Lipinski definition) is 1. The molecular weight excluding hydrogens is 332 g/mol. The lowest BCUT2D eigenvalue weighted by molar-refractivity contribution is 0.198. The quantitative estimate of drug-likeness (QED) is 0.907. The number of thiophene rings is 1. The number of aryl methyl sites for hydroxylation is 1. The summed E-state index contributed by atoms with van der Waals surface area (Å²) in [6.07, 6.45) is 2.38. The van der Waals surface area contributed by atoms with Crippen LogP contribution in [-0.2, 0) is 13.0 Å². The van der Waals surface area contributed by atoms with Gasteiger partial charge in [0.05, 0.1) is 6.04 Å². The molecule has 106 valence electrons. The van der Waals surface area contributed by atoms with Gasteiger partial charge in [-0.1, -0.05) is 24.3 Å². The van der Waals surface area contributed by atoms with Crippen molar-refractivity contribution in [3.63, 3.8) is 0 Å². The lowest BCUT2D eigenvalue weighted by atomic mass is 10.0. The van der Waals surface area contributed by atoms with E-state index in [4.69, 9.17) is 5.73 Å². The maximum Gasteiger partial charge on any atom is 0.0578 e. The SMILES string of the molecule is NCC(c1sccc1Br)N1CCCc2ccccc2C1. The van der Waals surface area contributed by atoms with E-state index in [0.29, 0.717) is 12.6 Å². The van der Waals surface area contributed by atoms with Crippen molar-refractivity contribution in [1.29, 1.82) is 0 Å². The van der Waals surface area contributed by atoms with Crippen molar-refractivity contribution in [2.75, 3.05) is 13.1 Å². The smallest absolute Gasteiger partial charge is 0.0578 e. The van der Waals surface area contributed by atoms with E-state index in [1.165, 1.54) is 33.3 Å². The molecule has 20 heavy (non-hydrogen) atoms. The van der Waals surface area contributed by atoms with Gasteiger partial charge in [0, 0.05) is 22.4 Å². The fourth-order valence-electron chi connectivity index (χ4n) is 2.96. The molecule has 2 heterocycles. The van der Waals surface area contributed by atoms with Crippen LogP contribution in [0.3, 0.4) is 0 Å². The van der Waals surface area contributed by atoms with Crippen LogP contribution in [0.2, 0.25) is 0 Å². The highest BCUT2D eigenvalue weighted by atomic mass is 79.9. The molecule has 1 unspecified atom stereocenters. The minimum atomic E-state index is 0.315. The Bertz CT molecular complexity index is 581. The van der Waals surface area contributed by atoms with Gasteiger partial charge in [0.25, 0.3) is 0 Å². The first kappa shape index (κ1) is 14.3. The Hall–Kier alpha value is -0.680. The molecule has 0 amide bonds. The highest BCUT2D eigenvalue weighted by molar-refractivity contribution is 9.10. The Labute approximate surface area is 132 Å². The highest BCUT2D eigenvalue weighted by Crippen LogP contribution is 2.34. The zero-order valence-electron chi connectivity index (χ0n) is 11.4. The standard InChI is InChI=1S/C16H19BrN2S/c17-14-7-9-20-16(14)15(10-18)19-8-3-6-12-4-1-2-5-13(12)11-19/h1-2,4-5,7,9,15H,3,6,8,10-11,18H2. The van der Waals surface area contributed by atoms with Crippen molar-refractivity contribution in [1.82, 2.24) is 4.90 Å². The van der Waals surface area contributed by atoms with Crippen LogP contribution in [0.25, 0.3) is 0 Å². The van der Waals surface area contributed by atoms with Crippen LogP contribution in [0.15, 0.2) is 40.2 Å². The van der Waals surface area contributed by atoms with Crippen LogP contribution in [-0.4, -0.2) is 18.0 Å². The first-order chi connectivity index (χ1) is 9.79. The maximum atomic E-state index is 6.08. The molecule has 0 spiro atoms. The van der Waals surface area contributed by atoms with Gasteiger partial charge in [-0.25, -0.2) is 0 Å². The maximum absolute atomic E-state index is 6.08. The first-order valence-electron chi connectivity index (χ1n) is 7.03. The van der Waals surface area contributed by atoms with Gasteiger partial charge in [-0.15, -0.1) is 11.3 Å². The molecule has 1 atom stereocenters. The third-order valence-corrected chi connectivity index (χ3v) is 5.97. The molecule has 4 heteroatoms. The van der Waals surface area contributed by atoms with E-state index in [0.717, 1.165) is 13.1 Å². The average molecular weight is 351 g/mol. The topological polar surface area (TPSA) is 29.3 Å². The van der Waals surface area contributed by atoms with Crippen molar-refractivity contribution in [2.45, 2.75) is 25.4 Å². The minimum Gasteiger partial charge on any atom is -0.329 e. The molecule has 2 aromatic rings. The van der Waals surface area contributed by atoms with Crippen LogP contribution in [0.5, 0.6) is 0 Å². The number of halogens is 1. The largest absolute Gasteiger partial charge is 0.329 e. The Morgan fingerprint density at radius 3 is 2.75 bits per heavy atom. The third-order valence-electron chi connectivity index (χ3n) is 3.99. The summed E-state index contributed by atoms with van der Waals surface area (Å²) in [5.74, 6) is 0. The van der Waals surface area contributed by atoms with E-state index in [1.807, 2.05) is 0 Å². The summed E-state index contributed by atoms with van der Waals surface area (Å²) < 4.78 is 1.19. The van der Waals surface area contributed by atoms with Gasteiger partial charge in [0.1, 0.15) is 0 Å². The second-order valence-electron chi connectivity index (χ2n) is 5.23. The Kier molecular flexibility index (Phi) is 4.56. The fraction of sp³-hybridized carbons (Fsp3) is 0.375. The minimum absolute atomic E-state index is 0.315. The first-order valence-corrected chi connectivity index (χ1v) is 8.70. The number of nitrogens with zero attached hydrogens (tertiary/aromatic N) is 1. The monoisotopic (exact) mass is 350 g/mol. The molecule has 1 aliphatic rings. The summed E-state index contributed by atoms with van der Waals surface area (Å²) in [5.41, 5.74) is 9.03. The van der Waals surface area contributed by atoms with Gasteiger partial charge in [0.2, 0.25) is 0 Å². The van der Waals surface area contributed by atoms with Gasteiger partial charge in [-0.05, 0) is 57.9 Å². The molecule has 0 radical (unpaired) electrons.